The van der Waals surface area contributed by atoms with Crippen molar-refractivity contribution < 1.29 is 23.9 Å². The van der Waals surface area contributed by atoms with E-state index in [0.717, 1.165) is 38.9 Å². The molecule has 4 aromatic carbocycles. The first-order chi connectivity index (χ1) is 20.5. The predicted molar refractivity (Wildman–Crippen MR) is 157 cm³/mol. The van der Waals surface area contributed by atoms with Crippen molar-refractivity contribution in [2.45, 2.75) is 38.6 Å². The average molecular weight is 562 g/mol. The lowest BCUT2D eigenvalue weighted by molar-refractivity contribution is -0.152. The van der Waals surface area contributed by atoms with Gasteiger partial charge in [0.1, 0.15) is 19.3 Å². The van der Waals surface area contributed by atoms with E-state index in [1.54, 1.807) is 6.92 Å². The van der Waals surface area contributed by atoms with E-state index >= 15 is 0 Å². The third kappa shape index (κ3) is 5.43. The SMILES string of the molecule is C[C@H](NC(=O)OCC1c2ccccc2-c2ccccc21)C(=O)N1Cc2ccccc2CN1C(=O)OCc1ccccc1. The van der Waals surface area contributed by atoms with Crippen molar-refractivity contribution in [3.8, 4) is 11.1 Å². The Morgan fingerprint density at radius 2 is 1.29 bits per heavy atom. The number of carbonyl (C=O) groups excluding carboxylic acids is 3. The first kappa shape index (κ1) is 27.1. The number of hydrogen-bond donors (Lipinski definition) is 1. The van der Waals surface area contributed by atoms with Crippen LogP contribution in [0.2, 0.25) is 0 Å². The summed E-state index contributed by atoms with van der Waals surface area (Å²) in [7, 11) is 0. The average Bonchev–Trinajstić information content (AvgIpc) is 3.35. The fourth-order valence-corrected chi connectivity index (χ4v) is 5.62. The van der Waals surface area contributed by atoms with Gasteiger partial charge in [-0.3, -0.25) is 4.79 Å². The molecule has 0 bridgehead atoms. The second-order valence-electron chi connectivity index (χ2n) is 10.5. The molecule has 2 aliphatic rings. The standard InChI is InChI=1S/C34H31N3O5/c1-23(35-33(39)41-22-31-29-17-9-7-15-27(29)28-16-8-10-18-30(28)31)32(38)36-19-25-13-5-6-14-26(25)20-37(36)34(40)42-21-24-11-3-2-4-12-24/h2-18,23,31H,19-22H2,1H3,(H,35,39)/t23-/m0/s1. The number of rotatable bonds is 6. The van der Waals surface area contributed by atoms with Crippen LogP contribution in [0.25, 0.3) is 11.1 Å². The van der Waals surface area contributed by atoms with E-state index in [4.69, 9.17) is 9.47 Å². The number of alkyl carbamates (subject to hydrolysis) is 1. The topological polar surface area (TPSA) is 88.2 Å². The Hall–Kier alpha value is -5.11. The summed E-state index contributed by atoms with van der Waals surface area (Å²) in [6.45, 7) is 2.14. The van der Waals surface area contributed by atoms with Gasteiger partial charge < -0.3 is 14.8 Å². The van der Waals surface area contributed by atoms with Crippen LogP contribution < -0.4 is 5.32 Å². The molecule has 1 N–H and O–H groups in total. The van der Waals surface area contributed by atoms with Crippen molar-refractivity contribution in [3.63, 3.8) is 0 Å². The summed E-state index contributed by atoms with van der Waals surface area (Å²) in [5, 5.41) is 5.29. The monoisotopic (exact) mass is 561 g/mol. The van der Waals surface area contributed by atoms with Gasteiger partial charge in [0, 0.05) is 5.92 Å². The van der Waals surface area contributed by atoms with E-state index in [2.05, 4.69) is 17.4 Å². The molecule has 1 heterocycles. The minimum atomic E-state index is -0.949. The number of fused-ring (bicyclic) bond motifs is 4. The fraction of sp³-hybridized carbons (Fsp3) is 0.206. The van der Waals surface area contributed by atoms with E-state index in [0.29, 0.717) is 0 Å². The first-order valence-electron chi connectivity index (χ1n) is 14.0. The van der Waals surface area contributed by atoms with Crippen molar-refractivity contribution in [2.24, 2.45) is 0 Å². The van der Waals surface area contributed by atoms with Crippen molar-refractivity contribution in [1.82, 2.24) is 15.3 Å². The molecule has 212 valence electrons. The number of benzene rings is 4. The van der Waals surface area contributed by atoms with E-state index in [9.17, 15) is 14.4 Å². The molecule has 1 aliphatic heterocycles. The Balaban J connectivity index is 1.12. The molecule has 0 saturated carbocycles. The number of carbonyl (C=O) groups is 3. The highest BCUT2D eigenvalue weighted by molar-refractivity contribution is 5.87. The summed E-state index contributed by atoms with van der Waals surface area (Å²) in [5.41, 5.74) is 7.16. The van der Waals surface area contributed by atoms with Crippen molar-refractivity contribution in [3.05, 3.63) is 131 Å². The Bertz CT molecular complexity index is 1580. The quantitative estimate of drug-likeness (QED) is 0.312. The molecule has 0 saturated heterocycles. The second-order valence-corrected chi connectivity index (χ2v) is 10.5. The van der Waals surface area contributed by atoms with Crippen LogP contribution in [0.15, 0.2) is 103 Å². The minimum Gasteiger partial charge on any atom is -0.449 e. The molecule has 6 rings (SSSR count). The molecule has 3 amide bonds. The number of amides is 3. The molecule has 4 aromatic rings. The maximum atomic E-state index is 13.6. The second kappa shape index (κ2) is 11.8. The summed E-state index contributed by atoms with van der Waals surface area (Å²) < 4.78 is 11.2. The maximum absolute atomic E-state index is 13.6. The highest BCUT2D eigenvalue weighted by Gasteiger charge is 2.36. The zero-order valence-electron chi connectivity index (χ0n) is 23.2. The molecule has 0 aromatic heterocycles. The smallest absolute Gasteiger partial charge is 0.429 e. The molecule has 0 spiro atoms. The number of nitrogens with one attached hydrogen (secondary N) is 1. The molecular weight excluding hydrogens is 530 g/mol. The van der Waals surface area contributed by atoms with Crippen LogP contribution in [-0.2, 0) is 34.0 Å². The molecule has 1 atom stereocenters. The van der Waals surface area contributed by atoms with Gasteiger partial charge in [-0.25, -0.2) is 19.6 Å². The van der Waals surface area contributed by atoms with E-state index in [1.807, 2.05) is 91.0 Å². The lowest BCUT2D eigenvalue weighted by Gasteiger charge is -2.39. The van der Waals surface area contributed by atoms with Crippen molar-refractivity contribution >= 4 is 18.1 Å². The third-order valence-corrected chi connectivity index (χ3v) is 7.77. The Labute approximate surface area is 244 Å². The molecule has 8 nitrogen and oxygen atoms in total. The first-order valence-corrected chi connectivity index (χ1v) is 14.0. The zero-order chi connectivity index (χ0) is 29.1. The molecule has 0 radical (unpaired) electrons. The van der Waals surface area contributed by atoms with Gasteiger partial charge in [0.05, 0.1) is 13.1 Å². The summed E-state index contributed by atoms with van der Waals surface area (Å²) in [6, 6.07) is 32.2. The molecule has 42 heavy (non-hydrogen) atoms. The minimum absolute atomic E-state index is 0.0768. The van der Waals surface area contributed by atoms with Crippen LogP contribution in [0, 0.1) is 0 Å². The summed E-state index contributed by atoms with van der Waals surface area (Å²) in [5.74, 6) is -0.544. The Morgan fingerprint density at radius 1 is 0.738 bits per heavy atom. The van der Waals surface area contributed by atoms with Crippen molar-refractivity contribution in [1.29, 1.82) is 0 Å². The largest absolute Gasteiger partial charge is 0.449 e. The normalized spacial score (nSPS) is 14.3. The highest BCUT2D eigenvalue weighted by atomic mass is 16.6. The molecule has 8 heteroatoms. The zero-order valence-corrected chi connectivity index (χ0v) is 23.2. The lowest BCUT2D eigenvalue weighted by Crippen LogP contribution is -2.56. The number of hydrazine groups is 1. The summed E-state index contributed by atoms with van der Waals surface area (Å²) in [6.07, 6.45) is -1.34. The number of ether oxygens (including phenoxy) is 2. The van der Waals surface area contributed by atoms with E-state index < -0.39 is 24.1 Å². The van der Waals surface area contributed by atoms with E-state index in [-0.39, 0.29) is 32.2 Å². The Morgan fingerprint density at radius 3 is 1.93 bits per heavy atom. The fourth-order valence-electron chi connectivity index (χ4n) is 5.62. The van der Waals surface area contributed by atoms with Gasteiger partial charge in [-0.1, -0.05) is 103 Å². The Kier molecular flexibility index (Phi) is 7.60. The van der Waals surface area contributed by atoms with Crippen LogP contribution in [0.4, 0.5) is 9.59 Å². The molecule has 1 aliphatic carbocycles. The van der Waals surface area contributed by atoms with Crippen LogP contribution in [0.5, 0.6) is 0 Å². The van der Waals surface area contributed by atoms with Gasteiger partial charge >= 0.3 is 12.2 Å². The summed E-state index contributed by atoms with van der Waals surface area (Å²) in [4.78, 5) is 39.7. The van der Waals surface area contributed by atoms with Crippen LogP contribution in [-0.4, -0.2) is 40.8 Å². The van der Waals surface area contributed by atoms with E-state index in [1.165, 1.54) is 10.0 Å². The lowest BCUT2D eigenvalue weighted by atomic mass is 9.98. The number of nitrogens with zero attached hydrogens (tertiary/aromatic N) is 2. The van der Waals surface area contributed by atoms with Crippen LogP contribution in [0.3, 0.4) is 0 Å². The highest BCUT2D eigenvalue weighted by Crippen LogP contribution is 2.44. The molecule has 0 fully saturated rings. The summed E-state index contributed by atoms with van der Waals surface area (Å²) >= 11 is 0. The van der Waals surface area contributed by atoms with Gasteiger partial charge in [0.15, 0.2) is 0 Å². The number of hydrogen-bond acceptors (Lipinski definition) is 5. The van der Waals surface area contributed by atoms with Crippen LogP contribution >= 0.6 is 0 Å². The third-order valence-electron chi connectivity index (χ3n) is 7.77. The van der Waals surface area contributed by atoms with Gasteiger partial charge in [0.2, 0.25) is 0 Å². The van der Waals surface area contributed by atoms with Gasteiger partial charge in [-0.15, -0.1) is 0 Å². The van der Waals surface area contributed by atoms with Gasteiger partial charge in [-0.2, -0.15) is 0 Å². The maximum Gasteiger partial charge on any atom is 0.429 e. The molecule has 0 unspecified atom stereocenters. The van der Waals surface area contributed by atoms with Crippen LogP contribution in [0.1, 0.15) is 40.7 Å². The van der Waals surface area contributed by atoms with Crippen molar-refractivity contribution in [2.75, 3.05) is 6.61 Å². The van der Waals surface area contributed by atoms with Gasteiger partial charge in [-0.05, 0) is 45.9 Å². The predicted octanol–water partition coefficient (Wildman–Crippen LogP) is 6.01. The van der Waals surface area contributed by atoms with Gasteiger partial charge in [0.25, 0.3) is 5.91 Å². The molecular formula is C34H31N3O5.